The maximum atomic E-state index is 13.9. The Kier molecular flexibility index (Phi) is 7.63. The zero-order chi connectivity index (χ0) is 25.7. The second kappa shape index (κ2) is 11.0. The molecule has 2 atom stereocenters. The molecular formula is C28H28FN3O4. The van der Waals surface area contributed by atoms with E-state index in [1.54, 1.807) is 30.3 Å². The average Bonchev–Trinajstić information content (AvgIpc) is 3.20. The first kappa shape index (κ1) is 24.9. The number of aryl methyl sites for hydroxylation is 1. The molecule has 0 aliphatic carbocycles. The van der Waals surface area contributed by atoms with Gasteiger partial charge in [-0.3, -0.25) is 14.5 Å². The highest BCUT2D eigenvalue weighted by Crippen LogP contribution is 2.34. The van der Waals surface area contributed by atoms with E-state index in [1.165, 1.54) is 23.1 Å². The molecule has 1 aliphatic rings. The maximum Gasteiger partial charge on any atom is 0.411 e. The summed E-state index contributed by atoms with van der Waals surface area (Å²) in [6, 6.07) is 19.2. The van der Waals surface area contributed by atoms with Gasteiger partial charge in [0, 0.05) is 12.2 Å². The van der Waals surface area contributed by atoms with Gasteiger partial charge in [0.1, 0.15) is 5.82 Å². The van der Waals surface area contributed by atoms with Crippen LogP contribution in [0.2, 0.25) is 0 Å². The van der Waals surface area contributed by atoms with Crippen LogP contribution in [0.5, 0.6) is 0 Å². The number of benzene rings is 3. The van der Waals surface area contributed by atoms with Crippen molar-refractivity contribution in [1.29, 1.82) is 0 Å². The van der Waals surface area contributed by atoms with Crippen molar-refractivity contribution in [2.75, 3.05) is 11.9 Å². The van der Waals surface area contributed by atoms with Gasteiger partial charge in [-0.25, -0.2) is 9.18 Å². The highest BCUT2D eigenvalue weighted by molar-refractivity contribution is 6.04. The van der Waals surface area contributed by atoms with Crippen LogP contribution in [-0.4, -0.2) is 35.4 Å². The fraction of sp³-hybridized carbons (Fsp3) is 0.250. The van der Waals surface area contributed by atoms with E-state index in [1.807, 2.05) is 38.1 Å². The van der Waals surface area contributed by atoms with Crippen molar-refractivity contribution < 1.29 is 23.5 Å². The van der Waals surface area contributed by atoms with Crippen LogP contribution in [0.15, 0.2) is 72.8 Å². The summed E-state index contributed by atoms with van der Waals surface area (Å²) in [5, 5.41) is 5.53. The number of carbonyl (C=O) groups is 3. The lowest BCUT2D eigenvalue weighted by atomic mass is 10.00. The molecule has 1 aliphatic heterocycles. The highest BCUT2D eigenvalue weighted by Gasteiger charge is 2.46. The number of anilines is 1. The van der Waals surface area contributed by atoms with Gasteiger partial charge in [-0.2, -0.15) is 0 Å². The predicted octanol–water partition coefficient (Wildman–Crippen LogP) is 4.97. The van der Waals surface area contributed by atoms with E-state index < -0.39 is 30.0 Å². The van der Waals surface area contributed by atoms with E-state index in [9.17, 15) is 18.8 Å². The quantitative estimate of drug-likeness (QED) is 0.468. The molecule has 3 aromatic carbocycles. The minimum atomic E-state index is -0.857. The third-order valence-electron chi connectivity index (χ3n) is 5.99. The van der Waals surface area contributed by atoms with Crippen molar-refractivity contribution in [2.45, 2.75) is 39.0 Å². The molecule has 0 unspecified atom stereocenters. The summed E-state index contributed by atoms with van der Waals surface area (Å²) in [6.07, 6.45) is -0.642. The highest BCUT2D eigenvalue weighted by atomic mass is 19.1. The number of halogens is 1. The number of amides is 3. The van der Waals surface area contributed by atoms with Crippen LogP contribution in [0.4, 0.5) is 14.9 Å². The zero-order valence-electron chi connectivity index (χ0n) is 20.2. The van der Waals surface area contributed by atoms with E-state index in [2.05, 4.69) is 10.6 Å². The number of ether oxygens (including phenoxy) is 1. The van der Waals surface area contributed by atoms with Crippen molar-refractivity contribution in [3.63, 3.8) is 0 Å². The Labute approximate surface area is 209 Å². The molecule has 186 valence electrons. The third-order valence-corrected chi connectivity index (χ3v) is 5.99. The van der Waals surface area contributed by atoms with Crippen LogP contribution in [0, 0.1) is 12.7 Å². The molecule has 1 fully saturated rings. The lowest BCUT2D eigenvalue weighted by Gasteiger charge is -2.24. The van der Waals surface area contributed by atoms with E-state index in [4.69, 9.17) is 4.74 Å². The summed E-state index contributed by atoms with van der Waals surface area (Å²) in [5.74, 6) is -1.48. The summed E-state index contributed by atoms with van der Waals surface area (Å²) in [7, 11) is 0. The van der Waals surface area contributed by atoms with Gasteiger partial charge in [-0.05, 0) is 48.7 Å². The van der Waals surface area contributed by atoms with E-state index >= 15 is 0 Å². The molecule has 1 saturated heterocycles. The second-order valence-electron chi connectivity index (χ2n) is 8.71. The lowest BCUT2D eigenvalue weighted by Crippen LogP contribution is -2.46. The van der Waals surface area contributed by atoms with Crippen LogP contribution in [0.25, 0.3) is 0 Å². The van der Waals surface area contributed by atoms with Crippen molar-refractivity contribution in [1.82, 2.24) is 10.2 Å². The molecule has 0 saturated carbocycles. The number of hydrogen-bond donors (Lipinski definition) is 2. The zero-order valence-corrected chi connectivity index (χ0v) is 20.2. The Hall–Kier alpha value is -4.20. The Morgan fingerprint density at radius 3 is 2.36 bits per heavy atom. The Bertz CT molecular complexity index is 1240. The molecule has 1 heterocycles. The van der Waals surface area contributed by atoms with Gasteiger partial charge in [0.25, 0.3) is 5.91 Å². The Morgan fingerprint density at radius 2 is 1.69 bits per heavy atom. The first-order valence-corrected chi connectivity index (χ1v) is 11.8. The predicted molar refractivity (Wildman–Crippen MR) is 134 cm³/mol. The van der Waals surface area contributed by atoms with Crippen molar-refractivity contribution >= 4 is 23.6 Å². The molecule has 2 N–H and O–H groups in total. The summed E-state index contributed by atoms with van der Waals surface area (Å²) < 4.78 is 19.6. The number of hydrogen-bond acceptors (Lipinski definition) is 4. The first-order chi connectivity index (χ1) is 17.4. The molecule has 0 aromatic heterocycles. The molecule has 7 nitrogen and oxygen atoms in total. The normalized spacial score (nSPS) is 17.0. The molecule has 4 rings (SSSR count). The van der Waals surface area contributed by atoms with E-state index in [0.29, 0.717) is 17.8 Å². The van der Waals surface area contributed by atoms with Gasteiger partial charge in [0.15, 0.2) is 12.1 Å². The van der Waals surface area contributed by atoms with Crippen LogP contribution in [-0.2, 0) is 16.1 Å². The third kappa shape index (κ3) is 5.54. The number of nitrogens with zero attached hydrogens (tertiary/aromatic N) is 1. The molecule has 36 heavy (non-hydrogen) atoms. The number of nitrogens with one attached hydrogen (secondary N) is 2. The van der Waals surface area contributed by atoms with Crippen molar-refractivity contribution in [3.05, 3.63) is 101 Å². The minimum absolute atomic E-state index is 0.0642. The molecule has 8 heteroatoms. The molecule has 3 aromatic rings. The van der Waals surface area contributed by atoms with Gasteiger partial charge < -0.3 is 15.4 Å². The summed E-state index contributed by atoms with van der Waals surface area (Å²) in [4.78, 5) is 39.8. The fourth-order valence-corrected chi connectivity index (χ4v) is 4.05. The topological polar surface area (TPSA) is 87.7 Å². The maximum absolute atomic E-state index is 13.9. The molecule has 0 radical (unpaired) electrons. The van der Waals surface area contributed by atoms with Crippen LogP contribution >= 0.6 is 0 Å². The SMILES string of the molecule is CCCNC(=O)[C@H]1[C@H](c2ccc(NC(=O)c3ccccc3F)cc2)OC(=O)N1Cc1ccc(C)cc1. The van der Waals surface area contributed by atoms with Gasteiger partial charge in [-0.15, -0.1) is 0 Å². The standard InChI is InChI=1S/C28H28FN3O4/c1-3-16-30-27(34)24-25(36-28(35)32(24)17-19-10-8-18(2)9-11-19)20-12-14-21(15-13-20)31-26(33)22-6-4-5-7-23(22)29/h4-15,24-25H,3,16-17H2,1-2H3,(H,30,34)(H,31,33)/t24-,25+/m1/s1. The summed E-state index contributed by atoms with van der Waals surface area (Å²) >= 11 is 0. The van der Waals surface area contributed by atoms with Crippen LogP contribution < -0.4 is 10.6 Å². The second-order valence-corrected chi connectivity index (χ2v) is 8.71. The number of cyclic esters (lactones) is 1. The van der Waals surface area contributed by atoms with Gasteiger partial charge in [0.2, 0.25) is 5.91 Å². The average molecular weight is 490 g/mol. The van der Waals surface area contributed by atoms with E-state index in [-0.39, 0.29) is 18.0 Å². The minimum Gasteiger partial charge on any atom is -0.438 e. The van der Waals surface area contributed by atoms with Crippen molar-refractivity contribution in [3.8, 4) is 0 Å². The largest absolute Gasteiger partial charge is 0.438 e. The van der Waals surface area contributed by atoms with Gasteiger partial charge >= 0.3 is 6.09 Å². The lowest BCUT2D eigenvalue weighted by molar-refractivity contribution is -0.126. The molecule has 0 bridgehead atoms. The molecular weight excluding hydrogens is 461 g/mol. The van der Waals surface area contributed by atoms with E-state index in [0.717, 1.165) is 17.5 Å². The Morgan fingerprint density at radius 1 is 1.00 bits per heavy atom. The van der Waals surface area contributed by atoms with Gasteiger partial charge in [0.05, 0.1) is 12.1 Å². The fourth-order valence-electron chi connectivity index (χ4n) is 4.05. The monoisotopic (exact) mass is 489 g/mol. The number of carbonyl (C=O) groups excluding carboxylic acids is 3. The smallest absolute Gasteiger partial charge is 0.411 e. The van der Waals surface area contributed by atoms with Crippen molar-refractivity contribution in [2.24, 2.45) is 0 Å². The molecule has 3 amide bonds. The van der Waals surface area contributed by atoms with Crippen LogP contribution in [0.3, 0.4) is 0 Å². The Balaban J connectivity index is 1.54. The number of rotatable bonds is 8. The molecule has 0 spiro atoms. The van der Waals surface area contributed by atoms with Crippen LogP contribution in [0.1, 0.15) is 46.5 Å². The first-order valence-electron chi connectivity index (χ1n) is 11.8. The van der Waals surface area contributed by atoms with Gasteiger partial charge in [-0.1, -0.05) is 61.0 Å². The summed E-state index contributed by atoms with van der Waals surface area (Å²) in [6.45, 7) is 4.64. The summed E-state index contributed by atoms with van der Waals surface area (Å²) in [5.41, 5.74) is 2.97.